The van der Waals surface area contributed by atoms with Crippen LogP contribution in [0, 0.1) is 6.92 Å². The molecule has 0 aliphatic carbocycles. The SMILES string of the molecule is CCC(C)c1ccc(-c2c(C(=O)O)n[nH]c2C)cc1. The lowest BCUT2D eigenvalue weighted by Gasteiger charge is -2.10. The van der Waals surface area contributed by atoms with E-state index in [-0.39, 0.29) is 5.69 Å². The molecule has 0 aliphatic heterocycles. The van der Waals surface area contributed by atoms with Gasteiger partial charge in [0.1, 0.15) is 0 Å². The molecular weight excluding hydrogens is 240 g/mol. The third-order valence-corrected chi connectivity index (χ3v) is 3.53. The van der Waals surface area contributed by atoms with Crippen LogP contribution in [0.1, 0.15) is 47.9 Å². The molecule has 0 fully saturated rings. The number of H-pyrrole nitrogens is 1. The summed E-state index contributed by atoms with van der Waals surface area (Å²) in [5.41, 5.74) is 3.67. The number of carboxylic acids is 1. The summed E-state index contributed by atoms with van der Waals surface area (Å²) < 4.78 is 0. The quantitative estimate of drug-likeness (QED) is 0.880. The summed E-state index contributed by atoms with van der Waals surface area (Å²) >= 11 is 0. The Morgan fingerprint density at radius 2 is 2.00 bits per heavy atom. The van der Waals surface area contributed by atoms with Gasteiger partial charge in [-0.1, -0.05) is 38.1 Å². The maximum absolute atomic E-state index is 11.1. The molecule has 4 nitrogen and oxygen atoms in total. The van der Waals surface area contributed by atoms with Gasteiger partial charge in [-0.15, -0.1) is 0 Å². The molecular formula is C15H18N2O2. The molecule has 1 atom stereocenters. The molecule has 4 heteroatoms. The van der Waals surface area contributed by atoms with Crippen molar-refractivity contribution in [1.82, 2.24) is 10.2 Å². The number of hydrogen-bond donors (Lipinski definition) is 2. The Morgan fingerprint density at radius 1 is 1.37 bits per heavy atom. The van der Waals surface area contributed by atoms with Gasteiger partial charge in [-0.3, -0.25) is 5.10 Å². The fraction of sp³-hybridized carbons (Fsp3) is 0.333. The highest BCUT2D eigenvalue weighted by atomic mass is 16.4. The van der Waals surface area contributed by atoms with E-state index in [4.69, 9.17) is 5.11 Å². The minimum Gasteiger partial charge on any atom is -0.476 e. The first kappa shape index (κ1) is 13.3. The smallest absolute Gasteiger partial charge is 0.357 e. The van der Waals surface area contributed by atoms with Crippen molar-refractivity contribution in [2.45, 2.75) is 33.1 Å². The zero-order valence-corrected chi connectivity index (χ0v) is 11.4. The van der Waals surface area contributed by atoms with E-state index in [1.54, 1.807) is 0 Å². The van der Waals surface area contributed by atoms with Gasteiger partial charge >= 0.3 is 5.97 Å². The number of rotatable bonds is 4. The summed E-state index contributed by atoms with van der Waals surface area (Å²) in [6, 6.07) is 8.04. The van der Waals surface area contributed by atoms with Gasteiger partial charge in [0.25, 0.3) is 0 Å². The monoisotopic (exact) mass is 258 g/mol. The second kappa shape index (κ2) is 5.26. The van der Waals surface area contributed by atoms with Crippen LogP contribution in [0.2, 0.25) is 0 Å². The van der Waals surface area contributed by atoms with Gasteiger partial charge in [-0.2, -0.15) is 5.10 Å². The molecule has 2 rings (SSSR count). The van der Waals surface area contributed by atoms with Crippen molar-refractivity contribution >= 4 is 5.97 Å². The van der Waals surface area contributed by atoms with E-state index in [2.05, 4.69) is 36.2 Å². The number of carboxylic acid groups (broad SMARTS) is 1. The minimum absolute atomic E-state index is 0.0776. The largest absolute Gasteiger partial charge is 0.476 e. The van der Waals surface area contributed by atoms with Crippen LogP contribution in [-0.4, -0.2) is 21.3 Å². The number of aromatic nitrogens is 2. The number of hydrogen-bond acceptors (Lipinski definition) is 2. The Kier molecular flexibility index (Phi) is 3.69. The fourth-order valence-electron chi connectivity index (χ4n) is 2.15. The Bertz CT molecular complexity index is 585. The van der Waals surface area contributed by atoms with E-state index in [9.17, 15) is 4.79 Å². The molecule has 0 aliphatic rings. The van der Waals surface area contributed by atoms with E-state index in [1.165, 1.54) is 5.56 Å². The molecule has 0 radical (unpaired) electrons. The maximum atomic E-state index is 11.1. The van der Waals surface area contributed by atoms with Crippen LogP contribution in [0.5, 0.6) is 0 Å². The van der Waals surface area contributed by atoms with Crippen molar-refractivity contribution in [2.75, 3.05) is 0 Å². The molecule has 100 valence electrons. The third-order valence-electron chi connectivity index (χ3n) is 3.53. The van der Waals surface area contributed by atoms with Crippen molar-refractivity contribution in [3.63, 3.8) is 0 Å². The van der Waals surface area contributed by atoms with Crippen LogP contribution in [0.4, 0.5) is 0 Å². The number of benzene rings is 1. The molecule has 0 amide bonds. The van der Waals surface area contributed by atoms with Crippen LogP contribution < -0.4 is 0 Å². The van der Waals surface area contributed by atoms with Gasteiger partial charge < -0.3 is 5.11 Å². The third kappa shape index (κ3) is 2.52. The van der Waals surface area contributed by atoms with Crippen LogP contribution in [0.15, 0.2) is 24.3 Å². The Hall–Kier alpha value is -2.10. The number of aromatic amines is 1. The first-order valence-corrected chi connectivity index (χ1v) is 6.43. The molecule has 1 unspecified atom stereocenters. The highest BCUT2D eigenvalue weighted by Crippen LogP contribution is 2.28. The van der Waals surface area contributed by atoms with Crippen molar-refractivity contribution in [3.05, 3.63) is 41.2 Å². The molecule has 1 aromatic heterocycles. The summed E-state index contributed by atoms with van der Waals surface area (Å²) in [6.07, 6.45) is 1.09. The van der Waals surface area contributed by atoms with E-state index in [0.29, 0.717) is 11.5 Å². The fourth-order valence-corrected chi connectivity index (χ4v) is 2.15. The van der Waals surface area contributed by atoms with Crippen LogP contribution in [0.3, 0.4) is 0 Å². The Labute approximate surface area is 112 Å². The Morgan fingerprint density at radius 3 is 2.53 bits per heavy atom. The predicted octanol–water partition coefficient (Wildman–Crippen LogP) is 3.60. The number of aryl methyl sites for hydroxylation is 1. The van der Waals surface area contributed by atoms with Crippen molar-refractivity contribution < 1.29 is 9.90 Å². The van der Waals surface area contributed by atoms with Crippen LogP contribution in [0.25, 0.3) is 11.1 Å². The summed E-state index contributed by atoms with van der Waals surface area (Å²) in [4.78, 5) is 11.1. The molecule has 1 aromatic carbocycles. The van der Waals surface area contributed by atoms with Crippen molar-refractivity contribution in [1.29, 1.82) is 0 Å². The lowest BCUT2D eigenvalue weighted by Crippen LogP contribution is -1.99. The average Bonchev–Trinajstić information content (AvgIpc) is 2.80. The van der Waals surface area contributed by atoms with E-state index < -0.39 is 5.97 Å². The van der Waals surface area contributed by atoms with Crippen molar-refractivity contribution in [2.24, 2.45) is 0 Å². The molecule has 0 saturated heterocycles. The second-order valence-electron chi connectivity index (χ2n) is 4.81. The minimum atomic E-state index is -1.01. The highest BCUT2D eigenvalue weighted by molar-refractivity contribution is 5.94. The molecule has 2 N–H and O–H groups in total. The summed E-state index contributed by atoms with van der Waals surface area (Å²) in [5, 5.41) is 15.7. The van der Waals surface area contributed by atoms with Crippen LogP contribution >= 0.6 is 0 Å². The van der Waals surface area contributed by atoms with Gasteiger partial charge in [0.05, 0.1) is 0 Å². The molecule has 0 bridgehead atoms. The summed E-state index contributed by atoms with van der Waals surface area (Å²) in [7, 11) is 0. The average molecular weight is 258 g/mol. The lowest BCUT2D eigenvalue weighted by atomic mass is 9.95. The van der Waals surface area contributed by atoms with Gasteiger partial charge in [0.2, 0.25) is 0 Å². The number of nitrogens with zero attached hydrogens (tertiary/aromatic N) is 1. The molecule has 19 heavy (non-hydrogen) atoms. The van der Waals surface area contributed by atoms with Crippen molar-refractivity contribution in [3.8, 4) is 11.1 Å². The first-order chi connectivity index (χ1) is 9.04. The molecule has 0 spiro atoms. The van der Waals surface area contributed by atoms with Crippen LogP contribution in [-0.2, 0) is 0 Å². The topological polar surface area (TPSA) is 66.0 Å². The number of nitrogens with one attached hydrogen (secondary N) is 1. The summed E-state index contributed by atoms with van der Waals surface area (Å²) in [6.45, 7) is 6.17. The number of carbonyl (C=O) groups is 1. The predicted molar refractivity (Wildman–Crippen MR) is 74.4 cm³/mol. The lowest BCUT2D eigenvalue weighted by molar-refractivity contribution is 0.0691. The molecule has 2 aromatic rings. The first-order valence-electron chi connectivity index (χ1n) is 6.43. The zero-order valence-electron chi connectivity index (χ0n) is 11.4. The normalized spacial score (nSPS) is 12.4. The zero-order chi connectivity index (χ0) is 14.0. The number of aromatic carboxylic acids is 1. The molecule has 1 heterocycles. The standard InChI is InChI=1S/C15H18N2O2/c1-4-9(2)11-5-7-12(8-6-11)13-10(3)16-17-14(13)15(18)19/h5-9H,4H2,1-3H3,(H,16,17)(H,18,19). The summed E-state index contributed by atoms with van der Waals surface area (Å²) in [5.74, 6) is -0.496. The van der Waals surface area contributed by atoms with Gasteiger partial charge in [0, 0.05) is 11.3 Å². The van der Waals surface area contributed by atoms with Gasteiger partial charge in [-0.05, 0) is 30.4 Å². The van der Waals surface area contributed by atoms with E-state index in [1.807, 2.05) is 19.1 Å². The maximum Gasteiger partial charge on any atom is 0.357 e. The highest BCUT2D eigenvalue weighted by Gasteiger charge is 2.18. The van der Waals surface area contributed by atoms with Gasteiger partial charge in [0.15, 0.2) is 5.69 Å². The Balaban J connectivity index is 2.43. The van der Waals surface area contributed by atoms with Gasteiger partial charge in [-0.25, -0.2) is 4.79 Å². The van der Waals surface area contributed by atoms with E-state index in [0.717, 1.165) is 17.7 Å². The molecule has 0 saturated carbocycles. The van der Waals surface area contributed by atoms with E-state index >= 15 is 0 Å². The second-order valence-corrected chi connectivity index (χ2v) is 4.81.